The zero-order valence-electron chi connectivity index (χ0n) is 18.3. The van der Waals surface area contributed by atoms with Crippen molar-refractivity contribution in [2.24, 2.45) is 17.8 Å². The Kier molecular flexibility index (Phi) is 4.32. The second-order valence-corrected chi connectivity index (χ2v) is 9.20. The number of nitrogens with zero attached hydrogens (tertiary/aromatic N) is 1. The van der Waals surface area contributed by atoms with E-state index in [1.165, 1.54) is 0 Å². The second kappa shape index (κ2) is 7.05. The molecule has 3 fully saturated rings. The van der Waals surface area contributed by atoms with Gasteiger partial charge in [0, 0.05) is 24.1 Å². The van der Waals surface area contributed by atoms with E-state index in [0.29, 0.717) is 17.2 Å². The molecule has 0 radical (unpaired) electrons. The summed E-state index contributed by atoms with van der Waals surface area (Å²) in [5.41, 5.74) is -0.418. The van der Waals surface area contributed by atoms with Gasteiger partial charge < -0.3 is 24.1 Å². The maximum atomic E-state index is 13.9. The molecule has 1 aromatic heterocycles. The fraction of sp³-hybridized carbons (Fsp3) is 0.400. The number of benzene rings is 1. The molecule has 0 saturated carbocycles. The van der Waals surface area contributed by atoms with E-state index in [2.05, 4.69) is 5.32 Å². The van der Waals surface area contributed by atoms with Crippen molar-refractivity contribution in [2.75, 3.05) is 12.4 Å². The minimum Gasteiger partial charge on any atom is -0.497 e. The third kappa shape index (κ3) is 2.70. The molecule has 6 rings (SSSR count). The lowest BCUT2D eigenvalue weighted by Gasteiger charge is -2.43. The van der Waals surface area contributed by atoms with E-state index in [-0.39, 0.29) is 24.0 Å². The number of fused-ring (bicyclic) bond motifs is 2. The van der Waals surface area contributed by atoms with Crippen molar-refractivity contribution < 1.29 is 28.3 Å². The zero-order valence-corrected chi connectivity index (χ0v) is 18.3. The van der Waals surface area contributed by atoms with Gasteiger partial charge in [-0.2, -0.15) is 0 Å². The number of carbonyl (C=O) groups is 3. The Hall–Kier alpha value is -3.39. The fourth-order valence-corrected chi connectivity index (χ4v) is 6.19. The van der Waals surface area contributed by atoms with Gasteiger partial charge >= 0.3 is 0 Å². The van der Waals surface area contributed by atoms with Crippen molar-refractivity contribution in [3.63, 3.8) is 0 Å². The first-order chi connectivity index (χ1) is 15.9. The summed E-state index contributed by atoms with van der Waals surface area (Å²) in [5.74, 6) is -1.01. The first-order valence-corrected chi connectivity index (χ1v) is 11.1. The van der Waals surface area contributed by atoms with E-state index in [1.807, 2.05) is 19.1 Å². The standard InChI is InChI=1S/C25H24N2O6/c1-13-17(28)12-16(18-7-4-10-32-18)27-22(13)25-9-8-19(33-25)20(21(25)24(27)30)23(29)26-14-5-3-6-15(11-14)31-2/h3-11,13,16,19-22H,12H2,1-2H3,(H,26,29)/t13-,16+,19+,20+,21-,22-,25-/m0/s1. The number of ketones is 1. The van der Waals surface area contributed by atoms with Gasteiger partial charge in [0.05, 0.1) is 43.4 Å². The number of ether oxygens (including phenoxy) is 2. The molecule has 2 aromatic rings. The molecular weight excluding hydrogens is 424 g/mol. The lowest BCUT2D eigenvalue weighted by atomic mass is 9.70. The van der Waals surface area contributed by atoms with E-state index in [4.69, 9.17) is 13.9 Å². The lowest BCUT2D eigenvalue weighted by Crippen LogP contribution is -2.55. The summed E-state index contributed by atoms with van der Waals surface area (Å²) in [4.78, 5) is 42.0. The maximum Gasteiger partial charge on any atom is 0.231 e. The summed E-state index contributed by atoms with van der Waals surface area (Å²) in [6, 6.07) is 9.62. The average molecular weight is 448 g/mol. The molecule has 1 N–H and O–H groups in total. The third-order valence-electron chi connectivity index (χ3n) is 7.59. The summed E-state index contributed by atoms with van der Waals surface area (Å²) in [6.07, 6.45) is 4.97. The largest absolute Gasteiger partial charge is 0.497 e. The second-order valence-electron chi connectivity index (χ2n) is 9.20. The predicted molar refractivity (Wildman–Crippen MR) is 116 cm³/mol. The van der Waals surface area contributed by atoms with Crippen molar-refractivity contribution >= 4 is 23.3 Å². The molecule has 8 nitrogen and oxygen atoms in total. The van der Waals surface area contributed by atoms with Gasteiger partial charge in [0.2, 0.25) is 11.8 Å². The third-order valence-corrected chi connectivity index (χ3v) is 7.59. The molecule has 3 saturated heterocycles. The van der Waals surface area contributed by atoms with Crippen LogP contribution in [0.2, 0.25) is 0 Å². The van der Waals surface area contributed by atoms with E-state index in [9.17, 15) is 14.4 Å². The summed E-state index contributed by atoms with van der Waals surface area (Å²) in [5, 5.41) is 2.92. The van der Waals surface area contributed by atoms with Gasteiger partial charge in [0.1, 0.15) is 22.9 Å². The predicted octanol–water partition coefficient (Wildman–Crippen LogP) is 2.73. The minimum atomic E-state index is -1.00. The Bertz CT molecular complexity index is 1170. The van der Waals surface area contributed by atoms with Crippen LogP contribution in [-0.2, 0) is 19.1 Å². The van der Waals surface area contributed by atoms with Gasteiger partial charge in [-0.25, -0.2) is 0 Å². The number of Topliss-reactive ketones (excluding diaryl/α,β-unsaturated/α-hetero) is 1. The van der Waals surface area contributed by atoms with Crippen molar-refractivity contribution in [1.29, 1.82) is 0 Å². The highest BCUT2D eigenvalue weighted by Gasteiger charge is 2.74. The SMILES string of the molecule is COc1cccc(NC(=O)[C@H]2[C@H]3C(=O)N4[C@@H](c5ccco5)CC(=O)[C@H](C)[C@H]4[C@]34C=C[C@H]2O4)c1. The molecule has 0 aliphatic carbocycles. The first-order valence-electron chi connectivity index (χ1n) is 11.1. The van der Waals surface area contributed by atoms with Crippen molar-refractivity contribution in [2.45, 2.75) is 37.1 Å². The molecule has 2 amide bonds. The zero-order chi connectivity index (χ0) is 22.9. The van der Waals surface area contributed by atoms with Crippen LogP contribution in [0.25, 0.3) is 0 Å². The summed E-state index contributed by atoms with van der Waals surface area (Å²) < 4.78 is 17.2. The average Bonchev–Trinajstić information content (AvgIpc) is 3.58. The number of anilines is 1. The molecule has 2 bridgehead atoms. The lowest BCUT2D eigenvalue weighted by molar-refractivity contribution is -0.147. The number of carbonyl (C=O) groups excluding carboxylic acids is 3. The van der Waals surface area contributed by atoms with Crippen LogP contribution < -0.4 is 10.1 Å². The van der Waals surface area contributed by atoms with Crippen LogP contribution >= 0.6 is 0 Å². The van der Waals surface area contributed by atoms with Crippen LogP contribution in [0.4, 0.5) is 5.69 Å². The number of rotatable bonds is 4. The Labute approximate surface area is 190 Å². The normalized spacial score (nSPS) is 36.1. The van der Waals surface area contributed by atoms with Gasteiger partial charge in [-0.05, 0) is 24.3 Å². The number of piperidine rings is 1. The van der Waals surface area contributed by atoms with E-state index >= 15 is 0 Å². The summed E-state index contributed by atoms with van der Waals surface area (Å²) in [7, 11) is 1.56. The van der Waals surface area contributed by atoms with Crippen LogP contribution in [0.3, 0.4) is 0 Å². The number of furan rings is 1. The molecule has 7 atom stereocenters. The highest BCUT2D eigenvalue weighted by atomic mass is 16.5. The number of amides is 2. The van der Waals surface area contributed by atoms with Gasteiger partial charge in [-0.3, -0.25) is 14.4 Å². The summed E-state index contributed by atoms with van der Waals surface area (Å²) >= 11 is 0. The molecule has 4 aliphatic rings. The molecule has 5 heterocycles. The Morgan fingerprint density at radius 1 is 1.24 bits per heavy atom. The number of hydrogen-bond acceptors (Lipinski definition) is 6. The van der Waals surface area contributed by atoms with Gasteiger partial charge in [0.25, 0.3) is 0 Å². The molecule has 33 heavy (non-hydrogen) atoms. The van der Waals surface area contributed by atoms with Gasteiger partial charge in [-0.1, -0.05) is 25.1 Å². The molecule has 1 spiro atoms. The van der Waals surface area contributed by atoms with Crippen molar-refractivity contribution in [1.82, 2.24) is 4.90 Å². The molecule has 170 valence electrons. The Morgan fingerprint density at radius 3 is 2.85 bits per heavy atom. The van der Waals surface area contributed by atoms with Gasteiger partial charge in [-0.15, -0.1) is 0 Å². The van der Waals surface area contributed by atoms with Crippen molar-refractivity contribution in [3.8, 4) is 5.75 Å². The van der Waals surface area contributed by atoms with Crippen molar-refractivity contribution in [3.05, 3.63) is 60.6 Å². The van der Waals surface area contributed by atoms with Crippen LogP contribution in [0, 0.1) is 17.8 Å². The first kappa shape index (κ1) is 20.2. The number of methoxy groups -OCH3 is 1. The quantitative estimate of drug-likeness (QED) is 0.723. The molecule has 8 heteroatoms. The van der Waals surface area contributed by atoms with Gasteiger partial charge in [0.15, 0.2) is 0 Å². The van der Waals surface area contributed by atoms with E-state index < -0.39 is 41.5 Å². The van der Waals surface area contributed by atoms with E-state index in [1.54, 1.807) is 54.7 Å². The highest BCUT2D eigenvalue weighted by Crippen LogP contribution is 2.60. The molecule has 4 aliphatic heterocycles. The van der Waals surface area contributed by atoms with Crippen LogP contribution in [0.1, 0.15) is 25.1 Å². The van der Waals surface area contributed by atoms with Crippen LogP contribution in [0.5, 0.6) is 5.75 Å². The summed E-state index contributed by atoms with van der Waals surface area (Å²) in [6.45, 7) is 1.84. The molecule has 1 aromatic carbocycles. The molecular formula is C25H24N2O6. The smallest absolute Gasteiger partial charge is 0.231 e. The molecule has 0 unspecified atom stereocenters. The highest BCUT2D eigenvalue weighted by molar-refractivity contribution is 6.00. The van der Waals surface area contributed by atoms with E-state index in [0.717, 1.165) is 0 Å². The minimum absolute atomic E-state index is 0.0604. The van der Waals surface area contributed by atoms with Crippen LogP contribution in [0.15, 0.2) is 59.2 Å². The Balaban J connectivity index is 1.37. The Morgan fingerprint density at radius 2 is 2.09 bits per heavy atom. The van der Waals surface area contributed by atoms with Crippen LogP contribution in [-0.4, -0.2) is 47.4 Å². The monoisotopic (exact) mass is 448 g/mol. The maximum absolute atomic E-state index is 13.9. The number of nitrogens with one attached hydrogen (secondary N) is 1. The fourth-order valence-electron chi connectivity index (χ4n) is 6.19. The number of hydrogen-bond donors (Lipinski definition) is 1. The topological polar surface area (TPSA) is 98.1 Å².